The number of nitrogens with zero attached hydrogens (tertiary/aromatic N) is 3. The van der Waals surface area contributed by atoms with Gasteiger partial charge in [0.1, 0.15) is 11.6 Å². The van der Waals surface area contributed by atoms with Crippen molar-refractivity contribution in [1.29, 1.82) is 0 Å². The van der Waals surface area contributed by atoms with Crippen LogP contribution in [0, 0.1) is 12.3 Å². The molecule has 2 aromatic heterocycles. The third-order valence-electron chi connectivity index (χ3n) is 5.36. The van der Waals surface area contributed by atoms with Crippen molar-refractivity contribution in [2.45, 2.75) is 64.7 Å². The zero-order valence-electron chi connectivity index (χ0n) is 13.6. The summed E-state index contributed by atoms with van der Waals surface area (Å²) in [4.78, 5) is 0. The number of hydrogen-bond donors (Lipinski definition) is 0. The Balaban J connectivity index is 1.61. The molecule has 2 fully saturated rings. The van der Waals surface area contributed by atoms with Crippen LogP contribution in [0.4, 0.5) is 0 Å². The smallest absolute Gasteiger partial charge is 0.164 e. The summed E-state index contributed by atoms with van der Waals surface area (Å²) < 4.78 is 8.40. The average molecular weight is 299 g/mol. The van der Waals surface area contributed by atoms with Gasteiger partial charge in [-0.1, -0.05) is 26.2 Å². The lowest BCUT2D eigenvalue weighted by atomic mass is 9.76. The van der Waals surface area contributed by atoms with Gasteiger partial charge in [-0.25, -0.2) is 0 Å². The zero-order chi connectivity index (χ0) is 15.2. The zero-order valence-corrected chi connectivity index (χ0v) is 13.6. The van der Waals surface area contributed by atoms with Crippen molar-refractivity contribution in [1.82, 2.24) is 14.6 Å². The highest BCUT2D eigenvalue weighted by atomic mass is 16.5. The molecule has 0 saturated heterocycles. The van der Waals surface area contributed by atoms with E-state index in [1.807, 2.05) is 6.92 Å². The van der Waals surface area contributed by atoms with Gasteiger partial charge in [0, 0.05) is 23.2 Å². The lowest BCUT2D eigenvalue weighted by Crippen LogP contribution is -2.27. The van der Waals surface area contributed by atoms with E-state index >= 15 is 0 Å². The maximum atomic E-state index is 6.32. The first-order valence-electron chi connectivity index (χ1n) is 8.63. The standard InChI is InChI=1S/C18H25N3O/c1-13-19-20-17-10-16(15(11-21(13)17)14-6-7-14)22-12-18(2)8-4-3-5-9-18/h10-11,14H,3-9,12H2,1-2H3. The predicted molar refractivity (Wildman–Crippen MR) is 86.4 cm³/mol. The maximum Gasteiger partial charge on any atom is 0.164 e. The SMILES string of the molecule is Cc1nnc2cc(OCC3(C)CCCCC3)c(C3CC3)cn12. The molecule has 4 nitrogen and oxygen atoms in total. The topological polar surface area (TPSA) is 39.4 Å². The molecule has 0 N–H and O–H groups in total. The molecule has 0 amide bonds. The molecule has 0 unspecified atom stereocenters. The van der Waals surface area contributed by atoms with Gasteiger partial charge in [-0.05, 0) is 38.5 Å². The highest BCUT2D eigenvalue weighted by molar-refractivity contribution is 5.50. The molecule has 0 spiro atoms. The third-order valence-corrected chi connectivity index (χ3v) is 5.36. The molecule has 2 saturated carbocycles. The first-order valence-corrected chi connectivity index (χ1v) is 8.63. The monoisotopic (exact) mass is 299 g/mol. The number of pyridine rings is 1. The molecule has 4 rings (SSSR count). The van der Waals surface area contributed by atoms with Crippen molar-refractivity contribution in [3.8, 4) is 5.75 Å². The predicted octanol–water partition coefficient (Wildman–Crippen LogP) is 4.26. The molecular formula is C18H25N3O. The number of hydrogen-bond acceptors (Lipinski definition) is 3. The molecule has 118 valence electrons. The van der Waals surface area contributed by atoms with Crippen molar-refractivity contribution in [3.63, 3.8) is 0 Å². The number of aryl methyl sites for hydroxylation is 1. The average Bonchev–Trinajstić information content (AvgIpc) is 3.30. The van der Waals surface area contributed by atoms with E-state index < -0.39 is 0 Å². The Morgan fingerprint density at radius 3 is 2.73 bits per heavy atom. The molecule has 22 heavy (non-hydrogen) atoms. The van der Waals surface area contributed by atoms with E-state index in [1.54, 1.807) is 0 Å². The van der Waals surface area contributed by atoms with Gasteiger partial charge in [0.15, 0.2) is 5.65 Å². The van der Waals surface area contributed by atoms with Crippen LogP contribution in [-0.4, -0.2) is 21.2 Å². The van der Waals surface area contributed by atoms with Gasteiger partial charge in [0.2, 0.25) is 0 Å². The Morgan fingerprint density at radius 1 is 1.23 bits per heavy atom. The fourth-order valence-electron chi connectivity index (χ4n) is 3.67. The highest BCUT2D eigenvalue weighted by Gasteiger charge is 2.31. The minimum Gasteiger partial charge on any atom is -0.493 e. The largest absolute Gasteiger partial charge is 0.493 e. The summed E-state index contributed by atoms with van der Waals surface area (Å²) in [5.74, 6) is 2.65. The van der Waals surface area contributed by atoms with E-state index in [0.29, 0.717) is 11.3 Å². The Labute approximate surface area is 131 Å². The summed E-state index contributed by atoms with van der Waals surface area (Å²) in [7, 11) is 0. The van der Waals surface area contributed by atoms with Crippen molar-refractivity contribution in [2.75, 3.05) is 6.61 Å². The molecule has 2 aliphatic rings. The van der Waals surface area contributed by atoms with Crippen LogP contribution in [0.25, 0.3) is 5.65 Å². The van der Waals surface area contributed by atoms with Crippen molar-refractivity contribution >= 4 is 5.65 Å². The second-order valence-electron chi connectivity index (χ2n) is 7.50. The van der Waals surface area contributed by atoms with Crippen LogP contribution in [0.1, 0.15) is 69.2 Å². The molecule has 0 atom stereocenters. The van der Waals surface area contributed by atoms with Gasteiger partial charge in [0.05, 0.1) is 6.61 Å². The van der Waals surface area contributed by atoms with Gasteiger partial charge >= 0.3 is 0 Å². The van der Waals surface area contributed by atoms with Crippen LogP contribution in [0.3, 0.4) is 0 Å². The van der Waals surface area contributed by atoms with Crippen LogP contribution in [-0.2, 0) is 0 Å². The molecule has 0 radical (unpaired) electrons. The normalized spacial score (nSPS) is 21.2. The fraction of sp³-hybridized carbons (Fsp3) is 0.667. The highest BCUT2D eigenvalue weighted by Crippen LogP contribution is 2.45. The minimum absolute atomic E-state index is 0.342. The lowest BCUT2D eigenvalue weighted by Gasteiger charge is -2.33. The summed E-state index contributed by atoms with van der Waals surface area (Å²) in [6.07, 6.45) is 11.4. The van der Waals surface area contributed by atoms with Gasteiger partial charge in [-0.2, -0.15) is 0 Å². The van der Waals surface area contributed by atoms with Gasteiger partial charge in [-0.15, -0.1) is 10.2 Å². The molecule has 4 heteroatoms. The Kier molecular flexibility index (Phi) is 3.35. The number of fused-ring (bicyclic) bond motifs is 1. The summed E-state index contributed by atoms with van der Waals surface area (Å²) in [5.41, 5.74) is 2.58. The minimum atomic E-state index is 0.342. The van der Waals surface area contributed by atoms with Gasteiger partial charge < -0.3 is 4.74 Å². The van der Waals surface area contributed by atoms with Crippen molar-refractivity contribution < 1.29 is 4.74 Å². The number of ether oxygens (including phenoxy) is 1. The maximum absolute atomic E-state index is 6.32. The van der Waals surface area contributed by atoms with Gasteiger partial charge in [0.25, 0.3) is 0 Å². The Hall–Kier alpha value is -1.58. The molecule has 0 aromatic carbocycles. The molecule has 0 aliphatic heterocycles. The number of rotatable bonds is 4. The Bertz CT molecular complexity index is 681. The van der Waals surface area contributed by atoms with E-state index in [2.05, 4.69) is 33.8 Å². The third kappa shape index (κ3) is 2.59. The summed E-state index contributed by atoms with van der Waals surface area (Å²) in [6.45, 7) is 5.21. The fourth-order valence-corrected chi connectivity index (χ4v) is 3.67. The summed E-state index contributed by atoms with van der Waals surface area (Å²) >= 11 is 0. The lowest BCUT2D eigenvalue weighted by molar-refractivity contribution is 0.115. The second-order valence-corrected chi connectivity index (χ2v) is 7.50. The van der Waals surface area contributed by atoms with Crippen LogP contribution in [0.2, 0.25) is 0 Å². The van der Waals surface area contributed by atoms with E-state index in [9.17, 15) is 0 Å². The molecule has 2 aromatic rings. The summed E-state index contributed by atoms with van der Waals surface area (Å²) in [6, 6.07) is 2.08. The molecule has 0 bridgehead atoms. The van der Waals surface area contributed by atoms with Crippen LogP contribution < -0.4 is 4.74 Å². The first kappa shape index (κ1) is 14.0. The number of aromatic nitrogens is 3. The van der Waals surface area contributed by atoms with Crippen LogP contribution in [0.5, 0.6) is 5.75 Å². The Morgan fingerprint density at radius 2 is 2.00 bits per heavy atom. The quantitative estimate of drug-likeness (QED) is 0.846. The van der Waals surface area contributed by atoms with Crippen LogP contribution >= 0.6 is 0 Å². The first-order chi connectivity index (χ1) is 10.6. The molecule has 2 heterocycles. The van der Waals surface area contributed by atoms with E-state index in [-0.39, 0.29) is 0 Å². The van der Waals surface area contributed by atoms with Crippen LogP contribution in [0.15, 0.2) is 12.3 Å². The summed E-state index contributed by atoms with van der Waals surface area (Å²) in [5, 5.41) is 8.42. The van der Waals surface area contributed by atoms with Crippen molar-refractivity contribution in [2.24, 2.45) is 5.41 Å². The molecule has 2 aliphatic carbocycles. The van der Waals surface area contributed by atoms with Gasteiger partial charge in [-0.3, -0.25) is 4.40 Å². The second kappa shape index (κ2) is 5.25. The van der Waals surface area contributed by atoms with Crippen molar-refractivity contribution in [3.05, 3.63) is 23.7 Å². The van der Waals surface area contributed by atoms with E-state index in [1.165, 1.54) is 50.5 Å². The molecular weight excluding hydrogens is 274 g/mol. The van der Waals surface area contributed by atoms with E-state index in [4.69, 9.17) is 4.74 Å². The van der Waals surface area contributed by atoms with E-state index in [0.717, 1.165) is 23.8 Å².